The van der Waals surface area contributed by atoms with Crippen molar-refractivity contribution in [2.45, 2.75) is 12.7 Å². The van der Waals surface area contributed by atoms with E-state index in [-0.39, 0.29) is 6.54 Å². The lowest BCUT2D eigenvalue weighted by molar-refractivity contribution is -0.137. The van der Waals surface area contributed by atoms with Gasteiger partial charge in [-0.15, -0.1) is 0 Å². The van der Waals surface area contributed by atoms with Crippen LogP contribution in [0.2, 0.25) is 0 Å². The lowest BCUT2D eigenvalue weighted by Crippen LogP contribution is -2.26. The lowest BCUT2D eigenvalue weighted by Gasteiger charge is -2.19. The van der Waals surface area contributed by atoms with E-state index in [0.717, 1.165) is 12.1 Å². The quantitative estimate of drug-likeness (QED) is 0.934. The molecular weight excluding hydrogens is 323 g/mol. The van der Waals surface area contributed by atoms with Crippen molar-refractivity contribution >= 4 is 5.91 Å². The van der Waals surface area contributed by atoms with Crippen LogP contribution in [-0.2, 0) is 12.7 Å². The first kappa shape index (κ1) is 16.2. The smallest absolute Gasteiger partial charge is 0.417 e. The molecule has 1 aliphatic heterocycles. The second-order valence-corrected chi connectivity index (χ2v) is 5.20. The molecule has 0 spiro atoms. The maximum absolute atomic E-state index is 13.0. The van der Waals surface area contributed by atoms with Crippen LogP contribution in [0.15, 0.2) is 42.5 Å². The van der Waals surface area contributed by atoms with E-state index in [1.807, 2.05) is 0 Å². The number of nitrogens with one attached hydrogen (secondary N) is 1. The van der Waals surface area contributed by atoms with E-state index in [9.17, 15) is 18.0 Å². The Labute approximate surface area is 136 Å². The van der Waals surface area contributed by atoms with Gasteiger partial charge in [0.15, 0.2) is 11.5 Å². The Kier molecular flexibility index (Phi) is 4.33. The first-order valence-electron chi connectivity index (χ1n) is 7.28. The summed E-state index contributed by atoms with van der Waals surface area (Å²) < 4.78 is 49.7. The molecule has 0 aromatic heterocycles. The molecule has 3 rings (SSSR count). The summed E-state index contributed by atoms with van der Waals surface area (Å²) in [5.41, 5.74) is -0.649. The summed E-state index contributed by atoms with van der Waals surface area (Å²) >= 11 is 0. The standard InChI is InChI=1S/C17H14F3NO3/c18-17(19,20)13-4-2-1-3-12(13)16(22)21-10-11-5-6-14-15(9-11)24-8-7-23-14/h1-6,9H,7-8,10H2,(H,21,22). The Bertz CT molecular complexity index is 759. The molecule has 0 bridgehead atoms. The number of carbonyl (C=O) groups is 1. The zero-order chi connectivity index (χ0) is 17.2. The summed E-state index contributed by atoms with van der Waals surface area (Å²) in [6.07, 6.45) is -4.58. The topological polar surface area (TPSA) is 47.6 Å². The van der Waals surface area contributed by atoms with Gasteiger partial charge in [0.05, 0.1) is 11.1 Å². The van der Waals surface area contributed by atoms with Crippen LogP contribution in [0.5, 0.6) is 11.5 Å². The van der Waals surface area contributed by atoms with Crippen LogP contribution >= 0.6 is 0 Å². The molecule has 1 aliphatic rings. The number of hydrogen-bond acceptors (Lipinski definition) is 3. The molecule has 0 atom stereocenters. The van der Waals surface area contributed by atoms with Gasteiger partial charge in [0.2, 0.25) is 0 Å². The minimum absolute atomic E-state index is 0.0850. The first-order valence-corrected chi connectivity index (χ1v) is 7.28. The number of amides is 1. The molecule has 1 amide bonds. The number of hydrogen-bond donors (Lipinski definition) is 1. The Hall–Kier alpha value is -2.70. The molecule has 0 aliphatic carbocycles. The molecular formula is C17H14F3NO3. The minimum Gasteiger partial charge on any atom is -0.486 e. The van der Waals surface area contributed by atoms with Crippen molar-refractivity contribution in [2.75, 3.05) is 13.2 Å². The first-order chi connectivity index (χ1) is 11.4. The van der Waals surface area contributed by atoms with Crippen molar-refractivity contribution in [1.82, 2.24) is 5.32 Å². The van der Waals surface area contributed by atoms with Gasteiger partial charge in [-0.25, -0.2) is 0 Å². The summed E-state index contributed by atoms with van der Waals surface area (Å²) in [6, 6.07) is 9.82. The minimum atomic E-state index is -4.58. The van der Waals surface area contributed by atoms with E-state index in [4.69, 9.17) is 9.47 Å². The Morgan fingerprint density at radius 1 is 1.04 bits per heavy atom. The fraction of sp³-hybridized carbons (Fsp3) is 0.235. The highest BCUT2D eigenvalue weighted by Crippen LogP contribution is 2.32. The molecule has 4 nitrogen and oxygen atoms in total. The molecule has 2 aromatic carbocycles. The number of benzene rings is 2. The number of ether oxygens (including phenoxy) is 2. The zero-order valence-corrected chi connectivity index (χ0v) is 12.5. The van der Waals surface area contributed by atoms with E-state index in [1.54, 1.807) is 18.2 Å². The normalized spacial score (nSPS) is 13.5. The summed E-state index contributed by atoms with van der Waals surface area (Å²) in [5, 5.41) is 2.50. The van der Waals surface area contributed by atoms with E-state index in [0.29, 0.717) is 30.3 Å². The van der Waals surface area contributed by atoms with E-state index in [2.05, 4.69) is 5.32 Å². The molecule has 24 heavy (non-hydrogen) atoms. The van der Waals surface area contributed by atoms with Crippen LogP contribution in [0.25, 0.3) is 0 Å². The molecule has 0 saturated carbocycles. The third kappa shape index (κ3) is 3.45. The van der Waals surface area contributed by atoms with Gasteiger partial charge in [-0.2, -0.15) is 13.2 Å². The van der Waals surface area contributed by atoms with Crippen molar-refractivity contribution in [3.63, 3.8) is 0 Å². The number of rotatable bonds is 3. The molecule has 0 radical (unpaired) electrons. The van der Waals surface area contributed by atoms with E-state index < -0.39 is 23.2 Å². The predicted molar refractivity (Wildman–Crippen MR) is 80.0 cm³/mol. The lowest BCUT2D eigenvalue weighted by atomic mass is 10.1. The third-order valence-electron chi connectivity index (χ3n) is 3.54. The van der Waals surface area contributed by atoms with Crippen LogP contribution in [0.3, 0.4) is 0 Å². The van der Waals surface area contributed by atoms with Gasteiger partial charge >= 0.3 is 6.18 Å². The van der Waals surface area contributed by atoms with Gasteiger partial charge in [0.25, 0.3) is 5.91 Å². The van der Waals surface area contributed by atoms with Crippen molar-refractivity contribution in [3.8, 4) is 11.5 Å². The Morgan fingerprint density at radius 2 is 1.75 bits per heavy atom. The molecule has 0 unspecified atom stereocenters. The molecule has 1 heterocycles. The number of alkyl halides is 3. The fourth-order valence-electron chi connectivity index (χ4n) is 2.40. The van der Waals surface area contributed by atoms with Crippen molar-refractivity contribution in [2.24, 2.45) is 0 Å². The average Bonchev–Trinajstić information content (AvgIpc) is 2.58. The molecule has 0 fully saturated rings. The molecule has 1 N–H and O–H groups in total. The van der Waals surface area contributed by atoms with Gasteiger partial charge < -0.3 is 14.8 Å². The van der Waals surface area contributed by atoms with Crippen LogP contribution in [0, 0.1) is 0 Å². The maximum Gasteiger partial charge on any atom is 0.417 e. The van der Waals surface area contributed by atoms with Gasteiger partial charge in [-0.3, -0.25) is 4.79 Å². The predicted octanol–water partition coefficient (Wildman–Crippen LogP) is 3.41. The third-order valence-corrected chi connectivity index (χ3v) is 3.54. The van der Waals surface area contributed by atoms with Crippen molar-refractivity contribution in [1.29, 1.82) is 0 Å². The molecule has 126 valence electrons. The van der Waals surface area contributed by atoms with Gasteiger partial charge in [0.1, 0.15) is 13.2 Å². The highest BCUT2D eigenvalue weighted by molar-refractivity contribution is 5.95. The van der Waals surface area contributed by atoms with E-state index in [1.165, 1.54) is 12.1 Å². The maximum atomic E-state index is 13.0. The van der Waals surface area contributed by atoms with Gasteiger partial charge in [-0.1, -0.05) is 18.2 Å². The van der Waals surface area contributed by atoms with Crippen molar-refractivity contribution < 1.29 is 27.4 Å². The fourth-order valence-corrected chi connectivity index (χ4v) is 2.40. The van der Waals surface area contributed by atoms with Gasteiger partial charge in [-0.05, 0) is 29.8 Å². The highest BCUT2D eigenvalue weighted by Gasteiger charge is 2.34. The van der Waals surface area contributed by atoms with Crippen molar-refractivity contribution in [3.05, 3.63) is 59.2 Å². The summed E-state index contributed by atoms with van der Waals surface area (Å²) in [5.74, 6) is 0.389. The Balaban J connectivity index is 1.73. The zero-order valence-electron chi connectivity index (χ0n) is 12.5. The van der Waals surface area contributed by atoms with Crippen LogP contribution < -0.4 is 14.8 Å². The number of fused-ring (bicyclic) bond motifs is 1. The van der Waals surface area contributed by atoms with Gasteiger partial charge in [0, 0.05) is 6.54 Å². The molecule has 0 saturated heterocycles. The van der Waals surface area contributed by atoms with Crippen LogP contribution in [0.4, 0.5) is 13.2 Å². The Morgan fingerprint density at radius 3 is 2.50 bits per heavy atom. The van der Waals surface area contributed by atoms with Crippen LogP contribution in [-0.4, -0.2) is 19.1 Å². The van der Waals surface area contributed by atoms with E-state index >= 15 is 0 Å². The second-order valence-electron chi connectivity index (χ2n) is 5.20. The SMILES string of the molecule is O=C(NCc1ccc2c(c1)OCCO2)c1ccccc1C(F)(F)F. The largest absolute Gasteiger partial charge is 0.486 e. The average molecular weight is 337 g/mol. The van der Waals surface area contributed by atoms with Crippen LogP contribution in [0.1, 0.15) is 21.5 Å². The highest BCUT2D eigenvalue weighted by atomic mass is 19.4. The summed E-state index contributed by atoms with van der Waals surface area (Å²) in [7, 11) is 0. The number of carbonyl (C=O) groups excluding carboxylic acids is 1. The molecule has 2 aromatic rings. The summed E-state index contributed by atoms with van der Waals surface area (Å²) in [6.45, 7) is 0.987. The summed E-state index contributed by atoms with van der Waals surface area (Å²) in [4.78, 5) is 12.1. The molecule has 7 heteroatoms. The second kappa shape index (κ2) is 6.43. The number of halogens is 3. The monoisotopic (exact) mass is 337 g/mol.